The number of hydrogen-bond donors (Lipinski definition) is 2. The van der Waals surface area contributed by atoms with Gasteiger partial charge in [0.15, 0.2) is 17.3 Å². The number of anilines is 1. The molecule has 0 unspecified atom stereocenters. The van der Waals surface area contributed by atoms with Crippen LogP contribution in [0.1, 0.15) is 23.0 Å². The van der Waals surface area contributed by atoms with Gasteiger partial charge in [0.25, 0.3) is 5.91 Å². The molecule has 0 aliphatic heterocycles. The van der Waals surface area contributed by atoms with E-state index in [1.54, 1.807) is 60.8 Å². The zero-order chi connectivity index (χ0) is 18.4. The van der Waals surface area contributed by atoms with E-state index in [1.165, 1.54) is 6.26 Å². The van der Waals surface area contributed by atoms with Crippen molar-refractivity contribution in [1.82, 2.24) is 0 Å². The fraction of sp³-hybridized carbons (Fsp3) is 0.100. The normalized spacial score (nSPS) is 10.8. The molecule has 0 aliphatic carbocycles. The second-order valence-electron chi connectivity index (χ2n) is 5.36. The molecule has 0 atom stereocenters. The Morgan fingerprint density at radius 3 is 2.69 bits per heavy atom. The number of benzene rings is 2. The highest BCUT2D eigenvalue weighted by Gasteiger charge is 2.08. The second-order valence-corrected chi connectivity index (χ2v) is 5.36. The average molecular weight is 350 g/mol. The molecule has 132 valence electrons. The van der Waals surface area contributed by atoms with E-state index in [4.69, 9.17) is 9.15 Å². The van der Waals surface area contributed by atoms with Crippen LogP contribution in [0, 0.1) is 0 Å². The topological polar surface area (TPSA) is 84.1 Å². The molecule has 3 aromatic rings. The zero-order valence-electron chi connectivity index (χ0n) is 14.2. The Morgan fingerprint density at radius 1 is 1.19 bits per heavy atom. The number of carbonyl (C=O) groups is 1. The third-order valence-electron chi connectivity index (χ3n) is 3.55. The molecule has 6 heteroatoms. The van der Waals surface area contributed by atoms with Gasteiger partial charge < -0.3 is 19.6 Å². The number of nitrogens with one attached hydrogen (secondary N) is 1. The lowest BCUT2D eigenvalue weighted by Gasteiger charge is -2.07. The highest BCUT2D eigenvalue weighted by Crippen LogP contribution is 2.29. The molecule has 1 heterocycles. The van der Waals surface area contributed by atoms with Gasteiger partial charge in [-0.2, -0.15) is 0 Å². The van der Waals surface area contributed by atoms with Gasteiger partial charge in [-0.1, -0.05) is 6.07 Å². The minimum atomic E-state index is -0.316. The monoisotopic (exact) mass is 350 g/mol. The number of rotatable bonds is 6. The van der Waals surface area contributed by atoms with Crippen LogP contribution >= 0.6 is 0 Å². The zero-order valence-corrected chi connectivity index (χ0v) is 14.2. The number of aromatic hydroxyl groups is 1. The van der Waals surface area contributed by atoms with Gasteiger partial charge in [0.2, 0.25) is 0 Å². The van der Waals surface area contributed by atoms with Crippen LogP contribution in [0.15, 0.2) is 70.3 Å². The van der Waals surface area contributed by atoms with E-state index in [9.17, 15) is 9.90 Å². The van der Waals surface area contributed by atoms with Crippen LogP contribution < -0.4 is 10.1 Å². The number of para-hydroxylation sites is 1. The number of phenolic OH excluding ortho intramolecular Hbond substituents is 1. The Morgan fingerprint density at radius 2 is 2.00 bits per heavy atom. The number of hydrogen-bond acceptors (Lipinski definition) is 5. The summed E-state index contributed by atoms with van der Waals surface area (Å²) in [4.78, 5) is 16.3. The highest BCUT2D eigenvalue weighted by molar-refractivity contribution is 6.02. The van der Waals surface area contributed by atoms with Gasteiger partial charge in [-0.15, -0.1) is 0 Å². The number of ether oxygens (including phenoxy) is 1. The Bertz CT molecular complexity index is 900. The minimum absolute atomic E-state index is 0.0560. The van der Waals surface area contributed by atoms with Crippen molar-refractivity contribution in [1.29, 1.82) is 0 Å². The third-order valence-corrected chi connectivity index (χ3v) is 3.55. The first-order valence-corrected chi connectivity index (χ1v) is 8.11. The summed E-state index contributed by atoms with van der Waals surface area (Å²) in [5, 5.41) is 12.9. The Balaban J connectivity index is 1.68. The number of phenols is 1. The summed E-state index contributed by atoms with van der Waals surface area (Å²) in [6, 6.07) is 15.5. The second kappa shape index (κ2) is 8.02. The summed E-state index contributed by atoms with van der Waals surface area (Å²) in [7, 11) is 0. The first-order chi connectivity index (χ1) is 12.7. The molecule has 0 saturated carbocycles. The molecule has 0 aliphatic rings. The predicted octanol–water partition coefficient (Wildman–Crippen LogP) is 4.39. The van der Waals surface area contributed by atoms with E-state index in [1.807, 2.05) is 6.92 Å². The van der Waals surface area contributed by atoms with Crippen molar-refractivity contribution in [2.45, 2.75) is 6.92 Å². The van der Waals surface area contributed by atoms with Crippen molar-refractivity contribution < 1.29 is 19.1 Å². The highest BCUT2D eigenvalue weighted by atomic mass is 16.5. The van der Waals surface area contributed by atoms with E-state index < -0.39 is 0 Å². The summed E-state index contributed by atoms with van der Waals surface area (Å²) < 4.78 is 10.4. The first-order valence-electron chi connectivity index (χ1n) is 8.11. The molecule has 1 amide bonds. The molecule has 0 saturated heterocycles. The van der Waals surface area contributed by atoms with Gasteiger partial charge >= 0.3 is 0 Å². The van der Waals surface area contributed by atoms with E-state index in [0.29, 0.717) is 29.3 Å². The van der Waals surface area contributed by atoms with Gasteiger partial charge in [0, 0.05) is 17.5 Å². The van der Waals surface area contributed by atoms with Crippen molar-refractivity contribution in [2.75, 3.05) is 11.9 Å². The summed E-state index contributed by atoms with van der Waals surface area (Å²) in [6.45, 7) is 2.33. The molecular formula is C20H18N2O4. The predicted molar refractivity (Wildman–Crippen MR) is 99.6 cm³/mol. The fourth-order valence-corrected chi connectivity index (χ4v) is 2.29. The number of amides is 1. The number of carbonyl (C=O) groups excluding carboxylic acids is 1. The smallest absolute Gasteiger partial charge is 0.291 e. The van der Waals surface area contributed by atoms with Gasteiger partial charge in [-0.25, -0.2) is 0 Å². The molecule has 0 radical (unpaired) electrons. The Hall–Kier alpha value is -3.54. The standard InChI is InChI=1S/C20H18N2O4/c1-2-25-17-6-3-5-14(19(17)23)13-21-15-8-10-16(11-9-15)22-20(24)18-7-4-12-26-18/h3-13,23H,2H2,1H3,(H,22,24). The van der Waals surface area contributed by atoms with Crippen molar-refractivity contribution in [3.05, 3.63) is 72.2 Å². The van der Waals surface area contributed by atoms with Gasteiger partial charge in [-0.05, 0) is 55.5 Å². The van der Waals surface area contributed by atoms with Crippen LogP contribution in [0.2, 0.25) is 0 Å². The average Bonchev–Trinajstić information content (AvgIpc) is 3.19. The molecular weight excluding hydrogens is 332 g/mol. The molecule has 0 fully saturated rings. The summed E-state index contributed by atoms with van der Waals surface area (Å²) in [6.07, 6.45) is 3.01. The molecule has 2 aromatic carbocycles. The molecule has 6 nitrogen and oxygen atoms in total. The van der Waals surface area contributed by atoms with E-state index >= 15 is 0 Å². The van der Waals surface area contributed by atoms with E-state index in [0.717, 1.165) is 0 Å². The lowest BCUT2D eigenvalue weighted by Crippen LogP contribution is -2.10. The van der Waals surface area contributed by atoms with Crippen molar-refractivity contribution in [3.8, 4) is 11.5 Å². The number of aliphatic imine (C=N–C) groups is 1. The quantitative estimate of drug-likeness (QED) is 0.646. The van der Waals surface area contributed by atoms with Gasteiger partial charge in [0.05, 0.1) is 18.6 Å². The van der Waals surface area contributed by atoms with Crippen molar-refractivity contribution in [3.63, 3.8) is 0 Å². The molecule has 26 heavy (non-hydrogen) atoms. The molecule has 0 bridgehead atoms. The summed E-state index contributed by atoms with van der Waals surface area (Å²) in [5.74, 6) is 0.411. The maximum atomic E-state index is 11.9. The summed E-state index contributed by atoms with van der Waals surface area (Å²) >= 11 is 0. The molecule has 3 rings (SSSR count). The van der Waals surface area contributed by atoms with E-state index in [-0.39, 0.29) is 17.4 Å². The van der Waals surface area contributed by atoms with Crippen LogP contribution in [0.3, 0.4) is 0 Å². The maximum Gasteiger partial charge on any atom is 0.291 e. The molecule has 2 N–H and O–H groups in total. The Labute approximate surface area is 150 Å². The minimum Gasteiger partial charge on any atom is -0.504 e. The number of nitrogens with zero attached hydrogens (tertiary/aromatic N) is 1. The van der Waals surface area contributed by atoms with Crippen molar-refractivity contribution in [2.24, 2.45) is 4.99 Å². The lowest BCUT2D eigenvalue weighted by molar-refractivity contribution is 0.0996. The van der Waals surface area contributed by atoms with Gasteiger partial charge in [0.1, 0.15) is 0 Å². The number of furan rings is 1. The SMILES string of the molecule is CCOc1cccc(C=Nc2ccc(NC(=O)c3ccco3)cc2)c1O. The van der Waals surface area contributed by atoms with Crippen molar-refractivity contribution >= 4 is 23.5 Å². The molecule has 0 spiro atoms. The van der Waals surface area contributed by atoms with Crippen LogP contribution in [0.4, 0.5) is 11.4 Å². The van der Waals surface area contributed by atoms with E-state index in [2.05, 4.69) is 10.3 Å². The maximum absolute atomic E-state index is 11.9. The molecule has 1 aromatic heterocycles. The Kier molecular flexibility index (Phi) is 5.34. The van der Waals surface area contributed by atoms with Crippen LogP contribution in [0.25, 0.3) is 0 Å². The fourth-order valence-electron chi connectivity index (χ4n) is 2.29. The van der Waals surface area contributed by atoms with Crippen LogP contribution in [0.5, 0.6) is 11.5 Å². The van der Waals surface area contributed by atoms with Crippen LogP contribution in [-0.2, 0) is 0 Å². The lowest BCUT2D eigenvalue weighted by atomic mass is 10.2. The largest absolute Gasteiger partial charge is 0.504 e. The summed E-state index contributed by atoms with van der Waals surface area (Å²) in [5.41, 5.74) is 1.87. The first kappa shape index (κ1) is 17.3. The van der Waals surface area contributed by atoms with Crippen LogP contribution in [-0.4, -0.2) is 23.8 Å². The van der Waals surface area contributed by atoms with Gasteiger partial charge in [-0.3, -0.25) is 9.79 Å². The third kappa shape index (κ3) is 4.10.